The highest BCUT2D eigenvalue weighted by Crippen LogP contribution is 2.22. The van der Waals surface area contributed by atoms with Crippen LogP contribution in [0.1, 0.15) is 26.6 Å². The number of nitrogens with zero attached hydrogens (tertiary/aromatic N) is 2. The minimum atomic E-state index is -0.338. The summed E-state index contributed by atoms with van der Waals surface area (Å²) in [4.78, 5) is 4.54. The zero-order chi connectivity index (χ0) is 14.8. The van der Waals surface area contributed by atoms with Gasteiger partial charge in [0.25, 0.3) is 0 Å². The van der Waals surface area contributed by atoms with Crippen molar-refractivity contribution in [2.45, 2.75) is 39.3 Å². The number of halogens is 2. The molecule has 0 aliphatic rings. The molecule has 0 spiro atoms. The topological polar surface area (TPSA) is 27.1 Å². The van der Waals surface area contributed by atoms with Gasteiger partial charge >= 0.3 is 0 Å². The fourth-order valence-electron chi connectivity index (χ4n) is 2.41. The van der Waals surface area contributed by atoms with Gasteiger partial charge in [0, 0.05) is 18.9 Å². The fourth-order valence-corrected chi connectivity index (χ4v) is 2.58. The molecule has 1 aromatic carbocycles. The maximum atomic E-state index is 13.5. The second-order valence-electron chi connectivity index (χ2n) is 5.38. The van der Waals surface area contributed by atoms with E-state index in [0.29, 0.717) is 25.5 Å². The minimum absolute atomic E-state index is 0.259. The van der Waals surface area contributed by atoms with Crippen molar-refractivity contribution in [3.63, 3.8) is 0 Å². The van der Waals surface area contributed by atoms with Gasteiger partial charge in [0.2, 0.25) is 0 Å². The van der Waals surface area contributed by atoms with E-state index < -0.39 is 0 Å². The molecule has 20 heavy (non-hydrogen) atoms. The second kappa shape index (κ2) is 6.10. The number of ether oxygens (including phenoxy) is 1. The Balaban J connectivity index is 2.47. The smallest absolute Gasteiger partial charge is 0.125 e. The number of hydrogen-bond donors (Lipinski definition) is 0. The number of aryl methyl sites for hydroxylation is 1. The van der Waals surface area contributed by atoms with E-state index in [4.69, 9.17) is 16.3 Å². The lowest BCUT2D eigenvalue weighted by molar-refractivity contribution is -0.0221. The highest BCUT2D eigenvalue weighted by Gasteiger charge is 2.22. The number of imidazole rings is 1. The molecule has 0 radical (unpaired) electrons. The van der Waals surface area contributed by atoms with Crippen LogP contribution in [0.3, 0.4) is 0 Å². The summed E-state index contributed by atoms with van der Waals surface area (Å²) in [7, 11) is 0. The molecule has 0 fully saturated rings. The second-order valence-corrected chi connectivity index (χ2v) is 5.76. The van der Waals surface area contributed by atoms with Crippen LogP contribution in [0.25, 0.3) is 11.0 Å². The third-order valence-electron chi connectivity index (χ3n) is 3.18. The molecule has 0 atom stereocenters. The summed E-state index contributed by atoms with van der Waals surface area (Å²) in [6.07, 6.45) is 0.653. The third kappa shape index (κ3) is 3.30. The summed E-state index contributed by atoms with van der Waals surface area (Å²) in [6, 6.07) is 4.65. The maximum Gasteiger partial charge on any atom is 0.125 e. The Labute approximate surface area is 123 Å². The van der Waals surface area contributed by atoms with E-state index in [2.05, 4.69) is 4.98 Å². The first-order valence-corrected chi connectivity index (χ1v) is 7.35. The molecule has 1 aromatic heterocycles. The van der Waals surface area contributed by atoms with Gasteiger partial charge < -0.3 is 9.30 Å². The van der Waals surface area contributed by atoms with E-state index in [1.165, 1.54) is 12.1 Å². The van der Waals surface area contributed by atoms with Crippen molar-refractivity contribution in [1.29, 1.82) is 0 Å². The number of alkyl halides is 1. The predicted molar refractivity (Wildman–Crippen MR) is 79.8 cm³/mol. The van der Waals surface area contributed by atoms with Gasteiger partial charge in [0.1, 0.15) is 11.6 Å². The van der Waals surface area contributed by atoms with Crippen molar-refractivity contribution in [1.82, 2.24) is 9.55 Å². The number of hydrogen-bond acceptors (Lipinski definition) is 2. The van der Waals surface area contributed by atoms with Crippen LogP contribution in [-0.4, -0.2) is 27.6 Å². The van der Waals surface area contributed by atoms with Crippen LogP contribution in [-0.2, 0) is 17.7 Å². The lowest BCUT2D eigenvalue weighted by atomic mass is 10.1. The lowest BCUT2D eigenvalue weighted by Crippen LogP contribution is -2.31. The molecular weight excluding hydrogens is 279 g/mol. The molecule has 0 bridgehead atoms. The molecule has 2 aromatic rings. The number of aromatic nitrogens is 2. The zero-order valence-electron chi connectivity index (χ0n) is 12.1. The van der Waals surface area contributed by atoms with Gasteiger partial charge in [0.15, 0.2) is 0 Å². The number of rotatable bonds is 6. The van der Waals surface area contributed by atoms with E-state index in [0.717, 1.165) is 16.9 Å². The van der Waals surface area contributed by atoms with E-state index >= 15 is 0 Å². The summed E-state index contributed by atoms with van der Waals surface area (Å²) >= 11 is 5.84. The monoisotopic (exact) mass is 298 g/mol. The maximum absolute atomic E-state index is 13.5. The van der Waals surface area contributed by atoms with Crippen LogP contribution >= 0.6 is 11.6 Å². The SMILES string of the molecule is CCOC(C)(C)Cn1c(CCCl)nc2ccc(F)cc21. The normalized spacial score (nSPS) is 12.2. The zero-order valence-corrected chi connectivity index (χ0v) is 12.9. The van der Waals surface area contributed by atoms with Crippen molar-refractivity contribution in [3.05, 3.63) is 29.8 Å². The Bertz CT molecular complexity index is 595. The highest BCUT2D eigenvalue weighted by molar-refractivity contribution is 6.17. The van der Waals surface area contributed by atoms with Crippen molar-refractivity contribution in [3.8, 4) is 0 Å². The largest absolute Gasteiger partial charge is 0.374 e. The molecule has 0 saturated heterocycles. The summed E-state index contributed by atoms with van der Waals surface area (Å²) < 4.78 is 21.2. The van der Waals surface area contributed by atoms with Gasteiger partial charge in [-0.3, -0.25) is 0 Å². The lowest BCUT2D eigenvalue weighted by Gasteiger charge is -2.26. The van der Waals surface area contributed by atoms with Gasteiger partial charge in [-0.05, 0) is 39.0 Å². The standard InChI is InChI=1S/C15H20ClFN2O/c1-4-20-15(2,3)10-19-13-9-11(17)5-6-12(13)18-14(19)7-8-16/h5-6,9H,4,7-8,10H2,1-3H3. The molecule has 0 N–H and O–H groups in total. The Kier molecular flexibility index (Phi) is 4.66. The highest BCUT2D eigenvalue weighted by atomic mass is 35.5. The molecule has 0 amide bonds. The van der Waals surface area contributed by atoms with E-state index in [-0.39, 0.29) is 11.4 Å². The first-order valence-electron chi connectivity index (χ1n) is 6.81. The van der Waals surface area contributed by atoms with Gasteiger partial charge in [-0.15, -0.1) is 11.6 Å². The number of fused-ring (bicyclic) bond motifs is 1. The van der Waals surface area contributed by atoms with Gasteiger partial charge in [-0.25, -0.2) is 9.37 Å². The van der Waals surface area contributed by atoms with Gasteiger partial charge in [-0.2, -0.15) is 0 Å². The number of benzene rings is 1. The van der Waals surface area contributed by atoms with E-state index in [1.807, 2.05) is 25.3 Å². The Morgan fingerprint density at radius 1 is 1.40 bits per heavy atom. The molecule has 1 heterocycles. The summed E-state index contributed by atoms with van der Waals surface area (Å²) in [5.74, 6) is 1.10. The van der Waals surface area contributed by atoms with Crippen molar-refractivity contribution >= 4 is 22.6 Å². The molecular formula is C15H20ClFN2O. The predicted octanol–water partition coefficient (Wildman–Crippen LogP) is 3.77. The Hall–Kier alpha value is -1.13. The van der Waals surface area contributed by atoms with Crippen LogP contribution in [0.5, 0.6) is 0 Å². The fraction of sp³-hybridized carbons (Fsp3) is 0.533. The molecule has 0 unspecified atom stereocenters. The molecule has 5 heteroatoms. The first-order chi connectivity index (χ1) is 9.46. The van der Waals surface area contributed by atoms with Crippen LogP contribution < -0.4 is 0 Å². The van der Waals surface area contributed by atoms with E-state index in [1.54, 1.807) is 6.07 Å². The Morgan fingerprint density at radius 2 is 2.15 bits per heavy atom. The molecule has 110 valence electrons. The molecule has 0 aliphatic heterocycles. The van der Waals surface area contributed by atoms with Crippen molar-refractivity contribution < 1.29 is 9.13 Å². The first kappa shape index (κ1) is 15.3. The van der Waals surface area contributed by atoms with Crippen LogP contribution in [0.4, 0.5) is 4.39 Å². The summed E-state index contributed by atoms with van der Waals surface area (Å²) in [6.45, 7) is 7.26. The van der Waals surface area contributed by atoms with E-state index in [9.17, 15) is 4.39 Å². The molecule has 0 aliphatic carbocycles. The average molecular weight is 299 g/mol. The van der Waals surface area contributed by atoms with Gasteiger partial charge in [0.05, 0.1) is 23.2 Å². The minimum Gasteiger partial charge on any atom is -0.374 e. The molecule has 0 saturated carbocycles. The van der Waals surface area contributed by atoms with Crippen molar-refractivity contribution in [2.24, 2.45) is 0 Å². The molecule has 2 rings (SSSR count). The van der Waals surface area contributed by atoms with Crippen LogP contribution in [0.15, 0.2) is 18.2 Å². The Morgan fingerprint density at radius 3 is 2.80 bits per heavy atom. The average Bonchev–Trinajstić information content (AvgIpc) is 2.67. The van der Waals surface area contributed by atoms with Gasteiger partial charge in [-0.1, -0.05) is 0 Å². The summed E-state index contributed by atoms with van der Waals surface area (Å²) in [5.41, 5.74) is 1.24. The quantitative estimate of drug-likeness (QED) is 0.759. The van der Waals surface area contributed by atoms with Crippen LogP contribution in [0, 0.1) is 5.82 Å². The van der Waals surface area contributed by atoms with Crippen molar-refractivity contribution in [2.75, 3.05) is 12.5 Å². The molecule has 3 nitrogen and oxygen atoms in total. The third-order valence-corrected chi connectivity index (χ3v) is 3.37. The summed E-state index contributed by atoms with van der Waals surface area (Å²) in [5, 5.41) is 0. The van der Waals surface area contributed by atoms with Crippen LogP contribution in [0.2, 0.25) is 0 Å².